The third-order valence-electron chi connectivity index (χ3n) is 6.48. The first-order valence-electron chi connectivity index (χ1n) is 11.7. The molecule has 1 saturated carbocycles. The highest BCUT2D eigenvalue weighted by atomic mass is 32.2. The summed E-state index contributed by atoms with van der Waals surface area (Å²) in [7, 11) is 1.13. The molecule has 4 atom stereocenters. The van der Waals surface area contributed by atoms with Gasteiger partial charge in [-0.1, -0.05) is 44.5 Å². The molecule has 3 rings (SSSR count). The number of benzene rings is 1. The normalized spacial score (nSPS) is 26.9. The molecule has 1 aliphatic carbocycles. The van der Waals surface area contributed by atoms with Gasteiger partial charge in [0, 0.05) is 54.5 Å². The van der Waals surface area contributed by atoms with Crippen LogP contribution in [0.4, 0.5) is 0 Å². The predicted octanol–water partition coefficient (Wildman–Crippen LogP) is 3.66. The highest BCUT2D eigenvalue weighted by Gasteiger charge is 2.26. The number of piperidine rings is 1. The number of nitrogens with zero attached hydrogens (tertiary/aromatic N) is 2. The van der Waals surface area contributed by atoms with E-state index >= 15 is 0 Å². The van der Waals surface area contributed by atoms with Gasteiger partial charge in [-0.25, -0.2) is 0 Å². The molecule has 1 saturated heterocycles. The predicted molar refractivity (Wildman–Crippen MR) is 128 cm³/mol. The SMILES string of the molecule is CCS(=O)C1CCCC(NC(=NC)NCc2ccc(CN3CCCC(C)C3)cc2)C1. The van der Waals surface area contributed by atoms with E-state index in [1.54, 1.807) is 0 Å². The smallest absolute Gasteiger partial charge is 0.191 e. The molecule has 1 aliphatic heterocycles. The summed E-state index contributed by atoms with van der Waals surface area (Å²) in [6, 6.07) is 9.34. The first-order valence-corrected chi connectivity index (χ1v) is 13.1. The molecule has 0 bridgehead atoms. The fraction of sp³-hybridized carbons (Fsp3) is 0.708. The second-order valence-electron chi connectivity index (χ2n) is 9.02. The zero-order valence-electron chi connectivity index (χ0n) is 19.0. The third-order valence-corrected chi connectivity index (χ3v) is 8.22. The summed E-state index contributed by atoms with van der Waals surface area (Å²) < 4.78 is 12.2. The van der Waals surface area contributed by atoms with E-state index in [0.29, 0.717) is 11.3 Å². The molecule has 4 unspecified atom stereocenters. The number of likely N-dealkylation sites (tertiary alicyclic amines) is 1. The quantitative estimate of drug-likeness (QED) is 0.510. The standard InChI is InChI=1S/C24H40N4OS/c1-4-30(29)23-9-5-8-22(15-23)27-24(25-3)26-16-20-10-12-21(13-11-20)18-28-14-6-7-19(2)17-28/h10-13,19,22-23H,4-9,14-18H2,1-3H3,(H2,25,26,27). The van der Waals surface area contributed by atoms with E-state index in [9.17, 15) is 4.21 Å². The van der Waals surface area contributed by atoms with Crippen LogP contribution in [0.5, 0.6) is 0 Å². The largest absolute Gasteiger partial charge is 0.354 e. The number of aliphatic imine (C=N–C) groups is 1. The minimum atomic E-state index is -0.696. The summed E-state index contributed by atoms with van der Waals surface area (Å²) in [6.45, 7) is 8.65. The van der Waals surface area contributed by atoms with Crippen LogP contribution in [0, 0.1) is 5.92 Å². The molecule has 1 aromatic carbocycles. The van der Waals surface area contributed by atoms with Crippen molar-refractivity contribution in [2.45, 2.75) is 76.8 Å². The summed E-state index contributed by atoms with van der Waals surface area (Å²) in [5, 5.41) is 7.33. The lowest BCUT2D eigenvalue weighted by molar-refractivity contribution is 0.176. The van der Waals surface area contributed by atoms with Crippen molar-refractivity contribution in [1.29, 1.82) is 0 Å². The number of rotatable bonds is 7. The van der Waals surface area contributed by atoms with Gasteiger partial charge in [0.05, 0.1) is 0 Å². The second-order valence-corrected chi connectivity index (χ2v) is 11.0. The Balaban J connectivity index is 1.45. The van der Waals surface area contributed by atoms with E-state index in [1.807, 2.05) is 14.0 Å². The Morgan fingerprint density at radius 2 is 1.93 bits per heavy atom. The van der Waals surface area contributed by atoms with E-state index in [0.717, 1.165) is 56.4 Å². The fourth-order valence-corrected chi connectivity index (χ4v) is 6.12. The topological polar surface area (TPSA) is 56.7 Å². The lowest BCUT2D eigenvalue weighted by atomic mass is 9.95. The number of guanidine groups is 1. The molecule has 30 heavy (non-hydrogen) atoms. The van der Waals surface area contributed by atoms with Crippen LogP contribution in [0.1, 0.15) is 63.5 Å². The Bertz CT molecular complexity index is 706. The van der Waals surface area contributed by atoms with Crippen molar-refractivity contribution in [2.24, 2.45) is 10.9 Å². The molecule has 6 heteroatoms. The van der Waals surface area contributed by atoms with Crippen LogP contribution in [0.2, 0.25) is 0 Å². The highest BCUT2D eigenvalue weighted by Crippen LogP contribution is 2.23. The summed E-state index contributed by atoms with van der Waals surface area (Å²) in [4.78, 5) is 6.98. The fourth-order valence-electron chi connectivity index (χ4n) is 4.78. The Kier molecular flexibility index (Phi) is 9.19. The Hall–Kier alpha value is -1.40. The molecule has 1 aromatic rings. The van der Waals surface area contributed by atoms with Gasteiger partial charge in [-0.05, 0) is 55.7 Å². The van der Waals surface area contributed by atoms with Gasteiger partial charge in [0.25, 0.3) is 0 Å². The maximum Gasteiger partial charge on any atom is 0.191 e. The molecule has 168 valence electrons. The van der Waals surface area contributed by atoms with Gasteiger partial charge < -0.3 is 10.6 Å². The minimum Gasteiger partial charge on any atom is -0.354 e. The first-order chi connectivity index (χ1) is 14.6. The summed E-state index contributed by atoms with van der Waals surface area (Å²) in [6.07, 6.45) is 7.03. The van der Waals surface area contributed by atoms with Gasteiger partial charge in [-0.3, -0.25) is 14.1 Å². The van der Waals surface area contributed by atoms with Crippen LogP contribution < -0.4 is 10.6 Å². The van der Waals surface area contributed by atoms with E-state index < -0.39 is 10.8 Å². The number of hydrogen-bond acceptors (Lipinski definition) is 3. The highest BCUT2D eigenvalue weighted by molar-refractivity contribution is 7.85. The molecule has 0 spiro atoms. The first kappa shape index (κ1) is 23.3. The van der Waals surface area contributed by atoms with E-state index in [4.69, 9.17) is 0 Å². The lowest BCUT2D eigenvalue weighted by Crippen LogP contribution is -2.46. The molecule has 0 radical (unpaired) electrons. The van der Waals surface area contributed by atoms with Crippen molar-refractivity contribution >= 4 is 16.8 Å². The molecular weight excluding hydrogens is 392 g/mol. The molecule has 2 fully saturated rings. The maximum absolute atomic E-state index is 12.2. The third kappa shape index (κ3) is 7.09. The van der Waals surface area contributed by atoms with Crippen LogP contribution in [-0.2, 0) is 23.9 Å². The molecular formula is C24H40N4OS. The summed E-state index contributed by atoms with van der Waals surface area (Å²) >= 11 is 0. The van der Waals surface area contributed by atoms with Crippen LogP contribution in [-0.4, -0.2) is 52.3 Å². The van der Waals surface area contributed by atoms with E-state index in [2.05, 4.69) is 51.7 Å². The van der Waals surface area contributed by atoms with Crippen molar-refractivity contribution in [3.63, 3.8) is 0 Å². The molecule has 2 aliphatic rings. The van der Waals surface area contributed by atoms with Gasteiger partial charge in [0.15, 0.2) is 5.96 Å². The van der Waals surface area contributed by atoms with Crippen molar-refractivity contribution in [2.75, 3.05) is 25.9 Å². The Morgan fingerprint density at radius 3 is 2.63 bits per heavy atom. The van der Waals surface area contributed by atoms with Crippen molar-refractivity contribution in [1.82, 2.24) is 15.5 Å². The van der Waals surface area contributed by atoms with Gasteiger partial charge in [-0.2, -0.15) is 0 Å². The van der Waals surface area contributed by atoms with Crippen LogP contribution >= 0.6 is 0 Å². The molecule has 5 nitrogen and oxygen atoms in total. The van der Waals surface area contributed by atoms with Crippen LogP contribution in [0.3, 0.4) is 0 Å². The molecule has 0 aromatic heterocycles. The van der Waals surface area contributed by atoms with Gasteiger partial charge in [0.2, 0.25) is 0 Å². The number of nitrogens with one attached hydrogen (secondary N) is 2. The van der Waals surface area contributed by atoms with Gasteiger partial charge in [0.1, 0.15) is 0 Å². The molecule has 2 N–H and O–H groups in total. The minimum absolute atomic E-state index is 0.329. The average Bonchev–Trinajstić information content (AvgIpc) is 2.77. The zero-order valence-corrected chi connectivity index (χ0v) is 19.8. The number of hydrogen-bond donors (Lipinski definition) is 2. The van der Waals surface area contributed by atoms with Gasteiger partial charge >= 0.3 is 0 Å². The average molecular weight is 433 g/mol. The lowest BCUT2D eigenvalue weighted by Gasteiger charge is -2.30. The van der Waals surface area contributed by atoms with Crippen molar-refractivity contribution in [3.8, 4) is 0 Å². The van der Waals surface area contributed by atoms with Gasteiger partial charge in [-0.15, -0.1) is 0 Å². The maximum atomic E-state index is 12.2. The zero-order chi connectivity index (χ0) is 21.3. The van der Waals surface area contributed by atoms with Crippen molar-refractivity contribution < 1.29 is 4.21 Å². The Labute approximate surface area is 185 Å². The van der Waals surface area contributed by atoms with Crippen LogP contribution in [0.25, 0.3) is 0 Å². The van der Waals surface area contributed by atoms with E-state index in [1.165, 1.54) is 37.1 Å². The Morgan fingerprint density at radius 1 is 1.17 bits per heavy atom. The van der Waals surface area contributed by atoms with Crippen LogP contribution in [0.15, 0.2) is 29.3 Å². The summed E-state index contributed by atoms with van der Waals surface area (Å²) in [5.41, 5.74) is 2.66. The van der Waals surface area contributed by atoms with E-state index in [-0.39, 0.29) is 0 Å². The summed E-state index contributed by atoms with van der Waals surface area (Å²) in [5.74, 6) is 2.43. The van der Waals surface area contributed by atoms with Crippen molar-refractivity contribution in [3.05, 3.63) is 35.4 Å². The molecule has 0 amide bonds. The molecule has 1 heterocycles. The second kappa shape index (κ2) is 11.8. The monoisotopic (exact) mass is 432 g/mol.